The van der Waals surface area contributed by atoms with E-state index in [-0.39, 0.29) is 0 Å². The maximum atomic E-state index is 12.0. The van der Waals surface area contributed by atoms with Crippen LogP contribution in [0, 0.1) is 23.7 Å². The molecular formula is C13H23NO. The Labute approximate surface area is 92.8 Å². The quantitative estimate of drug-likeness (QED) is 0.772. The average Bonchev–Trinajstić information content (AvgIpc) is 2.15. The van der Waals surface area contributed by atoms with E-state index in [0.717, 1.165) is 44.2 Å². The zero-order valence-electron chi connectivity index (χ0n) is 9.96. The topological polar surface area (TPSA) is 29.1 Å². The molecule has 0 amide bonds. The van der Waals surface area contributed by atoms with E-state index in [1.165, 1.54) is 6.42 Å². The van der Waals surface area contributed by atoms with E-state index in [1.807, 2.05) is 0 Å². The third-order valence-corrected chi connectivity index (χ3v) is 4.41. The molecule has 86 valence electrons. The first-order valence-corrected chi connectivity index (χ1v) is 6.40. The van der Waals surface area contributed by atoms with Gasteiger partial charge in [0.15, 0.2) is 0 Å². The molecule has 0 aromatic heterocycles. The van der Waals surface area contributed by atoms with Crippen molar-refractivity contribution >= 4 is 5.78 Å². The summed E-state index contributed by atoms with van der Waals surface area (Å²) in [4.78, 5) is 12.0. The summed E-state index contributed by atoms with van der Waals surface area (Å²) in [5.41, 5.74) is 0. The molecule has 1 aliphatic carbocycles. The molecule has 1 saturated carbocycles. The number of nitrogens with one attached hydrogen (secondary N) is 1. The van der Waals surface area contributed by atoms with Crippen molar-refractivity contribution in [2.75, 3.05) is 13.1 Å². The van der Waals surface area contributed by atoms with Crippen molar-refractivity contribution in [3.63, 3.8) is 0 Å². The summed E-state index contributed by atoms with van der Waals surface area (Å²) in [5, 5.41) is 3.23. The number of carbonyl (C=O) groups excluding carboxylic acids is 1. The molecule has 1 N–H and O–H groups in total. The van der Waals surface area contributed by atoms with Gasteiger partial charge in [0.25, 0.3) is 0 Å². The van der Waals surface area contributed by atoms with Crippen molar-refractivity contribution in [2.45, 2.75) is 39.5 Å². The van der Waals surface area contributed by atoms with Crippen LogP contribution >= 0.6 is 0 Å². The number of rotatable bonds is 3. The smallest absolute Gasteiger partial charge is 0.136 e. The Morgan fingerprint density at radius 3 is 2.47 bits per heavy atom. The lowest BCUT2D eigenvalue weighted by Gasteiger charge is -2.33. The van der Waals surface area contributed by atoms with Gasteiger partial charge in [-0.15, -0.1) is 0 Å². The molecule has 2 nitrogen and oxygen atoms in total. The van der Waals surface area contributed by atoms with Gasteiger partial charge < -0.3 is 5.32 Å². The van der Waals surface area contributed by atoms with E-state index in [9.17, 15) is 4.79 Å². The molecule has 1 heterocycles. The van der Waals surface area contributed by atoms with E-state index >= 15 is 0 Å². The first kappa shape index (κ1) is 11.1. The zero-order chi connectivity index (χ0) is 10.8. The summed E-state index contributed by atoms with van der Waals surface area (Å²) in [5.74, 6) is 3.14. The lowest BCUT2D eigenvalue weighted by atomic mass is 9.73. The Bertz CT molecular complexity index is 235. The molecule has 2 fully saturated rings. The van der Waals surface area contributed by atoms with Crippen LogP contribution in [-0.4, -0.2) is 18.9 Å². The SMILES string of the molecule is CC1CCC(C(=O)CC2CNC2)CC1C. The normalized spacial score (nSPS) is 37.3. The van der Waals surface area contributed by atoms with E-state index in [1.54, 1.807) is 0 Å². The fourth-order valence-corrected chi connectivity index (χ4v) is 2.78. The number of ketones is 1. The van der Waals surface area contributed by atoms with Gasteiger partial charge in [0.1, 0.15) is 5.78 Å². The van der Waals surface area contributed by atoms with Gasteiger partial charge in [0, 0.05) is 12.3 Å². The second-order valence-corrected chi connectivity index (χ2v) is 5.66. The van der Waals surface area contributed by atoms with E-state index in [2.05, 4.69) is 19.2 Å². The van der Waals surface area contributed by atoms with E-state index < -0.39 is 0 Å². The molecule has 0 aromatic rings. The van der Waals surface area contributed by atoms with Crippen LogP contribution in [0.3, 0.4) is 0 Å². The molecule has 0 spiro atoms. The van der Waals surface area contributed by atoms with Crippen molar-refractivity contribution in [1.29, 1.82) is 0 Å². The van der Waals surface area contributed by atoms with Crippen LogP contribution in [0.15, 0.2) is 0 Å². The highest BCUT2D eigenvalue weighted by Gasteiger charge is 2.31. The Balaban J connectivity index is 1.79. The van der Waals surface area contributed by atoms with Crippen LogP contribution in [0.4, 0.5) is 0 Å². The van der Waals surface area contributed by atoms with Crippen LogP contribution < -0.4 is 5.32 Å². The highest BCUT2D eigenvalue weighted by Crippen LogP contribution is 2.34. The van der Waals surface area contributed by atoms with Crippen molar-refractivity contribution in [3.8, 4) is 0 Å². The fourth-order valence-electron chi connectivity index (χ4n) is 2.78. The van der Waals surface area contributed by atoms with Gasteiger partial charge in [0.2, 0.25) is 0 Å². The standard InChI is InChI=1S/C13H23NO/c1-9-3-4-12(5-10(9)2)13(15)6-11-7-14-8-11/h9-12,14H,3-8H2,1-2H3. The van der Waals surface area contributed by atoms with Gasteiger partial charge in [-0.3, -0.25) is 4.79 Å². The molecule has 2 aliphatic rings. The van der Waals surface area contributed by atoms with Gasteiger partial charge in [-0.2, -0.15) is 0 Å². The minimum Gasteiger partial charge on any atom is -0.316 e. The molecule has 1 saturated heterocycles. The van der Waals surface area contributed by atoms with Crippen LogP contribution in [0.5, 0.6) is 0 Å². The van der Waals surface area contributed by atoms with Crippen molar-refractivity contribution in [3.05, 3.63) is 0 Å². The molecule has 1 aliphatic heterocycles. The summed E-state index contributed by atoms with van der Waals surface area (Å²) in [6.45, 7) is 6.74. The predicted octanol–water partition coefficient (Wildman–Crippen LogP) is 2.24. The molecular weight excluding hydrogens is 186 g/mol. The highest BCUT2D eigenvalue weighted by molar-refractivity contribution is 5.81. The van der Waals surface area contributed by atoms with Gasteiger partial charge in [-0.1, -0.05) is 13.8 Å². The first-order chi connectivity index (χ1) is 7.16. The summed E-state index contributed by atoms with van der Waals surface area (Å²) >= 11 is 0. The van der Waals surface area contributed by atoms with Crippen LogP contribution in [0.25, 0.3) is 0 Å². The second kappa shape index (κ2) is 4.65. The maximum Gasteiger partial charge on any atom is 0.136 e. The Morgan fingerprint density at radius 1 is 1.20 bits per heavy atom. The summed E-state index contributed by atoms with van der Waals surface area (Å²) in [7, 11) is 0. The number of Topliss-reactive ketones (excluding diaryl/α,β-unsaturated/α-hetero) is 1. The Morgan fingerprint density at radius 2 is 1.93 bits per heavy atom. The first-order valence-electron chi connectivity index (χ1n) is 6.40. The predicted molar refractivity (Wildman–Crippen MR) is 61.7 cm³/mol. The maximum absolute atomic E-state index is 12.0. The molecule has 2 rings (SSSR count). The van der Waals surface area contributed by atoms with E-state index in [4.69, 9.17) is 0 Å². The number of hydrogen-bond donors (Lipinski definition) is 1. The van der Waals surface area contributed by atoms with Crippen molar-refractivity contribution in [2.24, 2.45) is 23.7 Å². The minimum atomic E-state index is 0.386. The monoisotopic (exact) mass is 209 g/mol. The molecule has 0 aromatic carbocycles. The summed E-state index contributed by atoms with van der Waals surface area (Å²) < 4.78 is 0. The Kier molecular flexibility index (Phi) is 3.45. The van der Waals surface area contributed by atoms with Gasteiger partial charge in [0.05, 0.1) is 0 Å². The Hall–Kier alpha value is -0.370. The third-order valence-electron chi connectivity index (χ3n) is 4.41. The molecule has 2 heteroatoms. The fraction of sp³-hybridized carbons (Fsp3) is 0.923. The van der Waals surface area contributed by atoms with Crippen LogP contribution in [-0.2, 0) is 4.79 Å². The lowest BCUT2D eigenvalue weighted by molar-refractivity contribution is -0.125. The zero-order valence-corrected chi connectivity index (χ0v) is 9.96. The summed E-state index contributed by atoms with van der Waals surface area (Å²) in [6.07, 6.45) is 4.36. The number of hydrogen-bond acceptors (Lipinski definition) is 2. The largest absolute Gasteiger partial charge is 0.316 e. The van der Waals surface area contributed by atoms with E-state index in [0.29, 0.717) is 17.6 Å². The van der Waals surface area contributed by atoms with Crippen LogP contribution in [0.2, 0.25) is 0 Å². The van der Waals surface area contributed by atoms with Gasteiger partial charge >= 0.3 is 0 Å². The summed E-state index contributed by atoms with van der Waals surface area (Å²) in [6, 6.07) is 0. The van der Waals surface area contributed by atoms with Crippen molar-refractivity contribution < 1.29 is 4.79 Å². The van der Waals surface area contributed by atoms with Crippen LogP contribution in [0.1, 0.15) is 39.5 Å². The van der Waals surface area contributed by atoms with Gasteiger partial charge in [-0.05, 0) is 50.1 Å². The van der Waals surface area contributed by atoms with Gasteiger partial charge in [-0.25, -0.2) is 0 Å². The molecule has 15 heavy (non-hydrogen) atoms. The molecule has 3 unspecified atom stereocenters. The lowest BCUT2D eigenvalue weighted by Crippen LogP contribution is -2.44. The molecule has 3 atom stereocenters. The highest BCUT2D eigenvalue weighted by atomic mass is 16.1. The second-order valence-electron chi connectivity index (χ2n) is 5.66. The molecule has 0 bridgehead atoms. The molecule has 0 radical (unpaired) electrons. The average molecular weight is 209 g/mol. The van der Waals surface area contributed by atoms with Crippen molar-refractivity contribution in [1.82, 2.24) is 5.32 Å². The number of carbonyl (C=O) groups is 1. The minimum absolute atomic E-state index is 0.386. The third kappa shape index (κ3) is 2.60.